The molecule has 112 valence electrons. The molecule has 1 unspecified atom stereocenters. The zero-order valence-electron chi connectivity index (χ0n) is 12.2. The molecular formula is C15H24N2O2S. The van der Waals surface area contributed by atoms with Crippen LogP contribution in [-0.4, -0.2) is 30.5 Å². The molecule has 0 heterocycles. The topological polar surface area (TPSA) is 61.4 Å². The molecular weight excluding hydrogens is 272 g/mol. The number of hydrogen-bond acceptors (Lipinski definition) is 3. The monoisotopic (exact) mass is 296 g/mol. The van der Waals surface area contributed by atoms with Crippen LogP contribution in [0, 0.1) is 5.92 Å². The molecule has 20 heavy (non-hydrogen) atoms. The number of nitrogens with one attached hydrogen (secondary N) is 2. The maximum atomic E-state index is 11.8. The highest BCUT2D eigenvalue weighted by Crippen LogP contribution is 2.17. The summed E-state index contributed by atoms with van der Waals surface area (Å²) in [5, 5.41) is 14.7. The third-order valence-corrected chi connectivity index (χ3v) is 3.88. The summed E-state index contributed by atoms with van der Waals surface area (Å²) in [5.41, 5.74) is 0.787. The largest absolute Gasteiger partial charge is 0.396 e. The number of thioether (sulfide) groups is 1. The number of aliphatic hydroxyl groups is 1. The maximum Gasteiger partial charge on any atom is 0.319 e. The summed E-state index contributed by atoms with van der Waals surface area (Å²) in [7, 11) is 0. The van der Waals surface area contributed by atoms with E-state index in [9.17, 15) is 4.79 Å². The van der Waals surface area contributed by atoms with E-state index in [1.165, 1.54) is 4.90 Å². The molecule has 1 rings (SSSR count). The van der Waals surface area contributed by atoms with Crippen molar-refractivity contribution in [3.63, 3.8) is 0 Å². The van der Waals surface area contributed by atoms with E-state index >= 15 is 0 Å². The Balaban J connectivity index is 2.38. The van der Waals surface area contributed by atoms with E-state index in [0.29, 0.717) is 12.5 Å². The second-order valence-corrected chi connectivity index (χ2v) is 5.61. The highest BCUT2D eigenvalue weighted by molar-refractivity contribution is 7.98. The Morgan fingerprint density at radius 3 is 2.55 bits per heavy atom. The molecule has 0 spiro atoms. The normalized spacial score (nSPS) is 11.9. The molecule has 0 bridgehead atoms. The van der Waals surface area contributed by atoms with Gasteiger partial charge in [-0.1, -0.05) is 13.3 Å². The number of anilines is 1. The van der Waals surface area contributed by atoms with Gasteiger partial charge in [-0.25, -0.2) is 4.79 Å². The third kappa shape index (κ3) is 6.30. The predicted molar refractivity (Wildman–Crippen MR) is 85.3 cm³/mol. The van der Waals surface area contributed by atoms with Crippen LogP contribution in [0.2, 0.25) is 0 Å². The lowest BCUT2D eigenvalue weighted by atomic mass is 10.0. The molecule has 4 nitrogen and oxygen atoms in total. The van der Waals surface area contributed by atoms with Gasteiger partial charge in [0, 0.05) is 23.7 Å². The summed E-state index contributed by atoms with van der Waals surface area (Å²) in [6.07, 6.45) is 4.83. The summed E-state index contributed by atoms with van der Waals surface area (Å²) in [6, 6.07) is 7.55. The zero-order chi connectivity index (χ0) is 14.8. The lowest BCUT2D eigenvalue weighted by Gasteiger charge is -2.16. The number of benzene rings is 1. The van der Waals surface area contributed by atoms with Crippen LogP contribution in [-0.2, 0) is 0 Å². The molecule has 0 aliphatic rings. The Hall–Kier alpha value is -1.20. The van der Waals surface area contributed by atoms with Gasteiger partial charge in [0.05, 0.1) is 0 Å². The van der Waals surface area contributed by atoms with Gasteiger partial charge in [0.15, 0.2) is 0 Å². The van der Waals surface area contributed by atoms with E-state index in [-0.39, 0.29) is 12.6 Å². The molecule has 5 heteroatoms. The van der Waals surface area contributed by atoms with Gasteiger partial charge in [-0.05, 0) is 49.3 Å². The van der Waals surface area contributed by atoms with Crippen molar-refractivity contribution in [3.05, 3.63) is 24.3 Å². The van der Waals surface area contributed by atoms with Crippen molar-refractivity contribution in [1.82, 2.24) is 5.32 Å². The fourth-order valence-corrected chi connectivity index (χ4v) is 2.43. The van der Waals surface area contributed by atoms with Crippen molar-refractivity contribution < 1.29 is 9.90 Å². The number of hydrogen-bond donors (Lipinski definition) is 3. The van der Waals surface area contributed by atoms with E-state index in [2.05, 4.69) is 17.6 Å². The first-order valence-corrected chi connectivity index (χ1v) is 8.21. The van der Waals surface area contributed by atoms with E-state index in [4.69, 9.17) is 5.11 Å². The van der Waals surface area contributed by atoms with Crippen LogP contribution in [0.25, 0.3) is 0 Å². The van der Waals surface area contributed by atoms with E-state index in [0.717, 1.165) is 24.9 Å². The smallest absolute Gasteiger partial charge is 0.319 e. The molecule has 0 aromatic heterocycles. The average Bonchev–Trinajstić information content (AvgIpc) is 2.46. The van der Waals surface area contributed by atoms with Crippen molar-refractivity contribution in [2.24, 2.45) is 5.92 Å². The van der Waals surface area contributed by atoms with Gasteiger partial charge in [0.25, 0.3) is 0 Å². The highest BCUT2D eigenvalue weighted by Gasteiger charge is 2.09. The maximum absolute atomic E-state index is 11.8. The highest BCUT2D eigenvalue weighted by atomic mass is 32.2. The second-order valence-electron chi connectivity index (χ2n) is 4.73. The first-order valence-electron chi connectivity index (χ1n) is 6.99. The van der Waals surface area contributed by atoms with Crippen LogP contribution in [0.1, 0.15) is 26.2 Å². The van der Waals surface area contributed by atoms with Gasteiger partial charge >= 0.3 is 6.03 Å². The number of rotatable bonds is 8. The molecule has 0 saturated carbocycles. The molecule has 0 aliphatic heterocycles. The molecule has 0 aliphatic carbocycles. The average molecular weight is 296 g/mol. The van der Waals surface area contributed by atoms with Crippen LogP contribution in [0.5, 0.6) is 0 Å². The van der Waals surface area contributed by atoms with Crippen LogP contribution in [0.4, 0.5) is 10.5 Å². The lowest BCUT2D eigenvalue weighted by Crippen LogP contribution is -2.33. The standard InChI is InChI=1S/C15H24N2O2S/c1-3-4-12(9-10-18)11-16-15(19)17-13-5-7-14(20-2)8-6-13/h5-8,12,18H,3-4,9-11H2,1-2H3,(H2,16,17,19). The van der Waals surface area contributed by atoms with E-state index in [1.807, 2.05) is 30.5 Å². The van der Waals surface area contributed by atoms with Crippen LogP contribution in [0.15, 0.2) is 29.2 Å². The SMILES string of the molecule is CCCC(CCO)CNC(=O)Nc1ccc(SC)cc1. The minimum absolute atomic E-state index is 0.171. The van der Waals surface area contributed by atoms with Gasteiger partial charge in [0.2, 0.25) is 0 Å². The Labute approximate surface area is 125 Å². The number of aliphatic hydroxyl groups excluding tert-OH is 1. The molecule has 0 fully saturated rings. The van der Waals surface area contributed by atoms with Gasteiger partial charge in [-0.15, -0.1) is 11.8 Å². The Morgan fingerprint density at radius 1 is 1.30 bits per heavy atom. The van der Waals surface area contributed by atoms with E-state index in [1.54, 1.807) is 11.8 Å². The second kappa shape index (κ2) is 9.66. The molecule has 0 saturated heterocycles. The fourth-order valence-electron chi connectivity index (χ4n) is 2.03. The first-order chi connectivity index (χ1) is 9.69. The van der Waals surface area contributed by atoms with Crippen LogP contribution in [0.3, 0.4) is 0 Å². The van der Waals surface area contributed by atoms with Gasteiger partial charge in [-0.2, -0.15) is 0 Å². The molecule has 1 aromatic carbocycles. The number of carbonyl (C=O) groups excluding carboxylic acids is 1. The van der Waals surface area contributed by atoms with Gasteiger partial charge < -0.3 is 15.7 Å². The fraction of sp³-hybridized carbons (Fsp3) is 0.533. The number of carbonyl (C=O) groups is 1. The summed E-state index contributed by atoms with van der Waals surface area (Å²) in [4.78, 5) is 13.0. The molecule has 2 amide bonds. The molecule has 1 atom stereocenters. The van der Waals surface area contributed by atoms with Crippen molar-refractivity contribution in [2.45, 2.75) is 31.1 Å². The van der Waals surface area contributed by atoms with E-state index < -0.39 is 0 Å². The Kier molecular flexibility index (Phi) is 8.14. The Morgan fingerprint density at radius 2 is 2.00 bits per heavy atom. The van der Waals surface area contributed by atoms with Crippen molar-refractivity contribution in [2.75, 3.05) is 24.7 Å². The first kappa shape index (κ1) is 16.9. The number of urea groups is 1. The molecule has 1 aromatic rings. The van der Waals surface area contributed by atoms with Crippen molar-refractivity contribution in [1.29, 1.82) is 0 Å². The summed E-state index contributed by atoms with van der Waals surface area (Å²) >= 11 is 1.67. The van der Waals surface area contributed by atoms with Gasteiger partial charge in [0.1, 0.15) is 0 Å². The summed E-state index contributed by atoms with van der Waals surface area (Å²) < 4.78 is 0. The predicted octanol–water partition coefficient (Wildman–Crippen LogP) is 3.33. The number of amides is 2. The minimum Gasteiger partial charge on any atom is -0.396 e. The van der Waals surface area contributed by atoms with Gasteiger partial charge in [-0.3, -0.25) is 0 Å². The van der Waals surface area contributed by atoms with Crippen molar-refractivity contribution >= 4 is 23.5 Å². The lowest BCUT2D eigenvalue weighted by molar-refractivity contribution is 0.237. The summed E-state index contributed by atoms with van der Waals surface area (Å²) in [5.74, 6) is 0.342. The zero-order valence-corrected chi connectivity index (χ0v) is 13.0. The quantitative estimate of drug-likeness (QED) is 0.645. The Bertz CT molecular complexity index is 389. The molecule has 3 N–H and O–H groups in total. The van der Waals surface area contributed by atoms with Crippen LogP contribution >= 0.6 is 11.8 Å². The minimum atomic E-state index is -0.194. The summed E-state index contributed by atoms with van der Waals surface area (Å²) in [6.45, 7) is 2.88. The molecule has 0 radical (unpaired) electrons. The van der Waals surface area contributed by atoms with Crippen LogP contribution < -0.4 is 10.6 Å². The van der Waals surface area contributed by atoms with Crippen molar-refractivity contribution in [3.8, 4) is 0 Å². The third-order valence-electron chi connectivity index (χ3n) is 3.13.